The molecule has 2 aromatic heterocycles. The van der Waals surface area contributed by atoms with E-state index in [9.17, 15) is 0 Å². The number of ether oxygens (including phenoxy) is 2. The molecule has 0 saturated heterocycles. The van der Waals surface area contributed by atoms with Crippen molar-refractivity contribution in [3.8, 4) is 33.5 Å². The van der Waals surface area contributed by atoms with Gasteiger partial charge in [0.15, 0.2) is 11.5 Å². The second kappa shape index (κ2) is 10.2. The number of hydrogen-bond acceptors (Lipinski definition) is 7. The topological polar surface area (TPSA) is 59.5 Å². The van der Waals surface area contributed by atoms with E-state index < -0.39 is 0 Å². The maximum absolute atomic E-state index is 5.74. The highest BCUT2D eigenvalue weighted by molar-refractivity contribution is 7.13. The van der Waals surface area contributed by atoms with E-state index in [2.05, 4.69) is 29.3 Å². The number of pyridine rings is 1. The van der Waals surface area contributed by atoms with Crippen molar-refractivity contribution < 1.29 is 9.47 Å². The van der Waals surface area contributed by atoms with Crippen LogP contribution in [0.1, 0.15) is 13.8 Å². The second-order valence-electron chi connectivity index (χ2n) is 6.73. The molecule has 0 aliphatic heterocycles. The van der Waals surface area contributed by atoms with Crippen molar-refractivity contribution in [3.63, 3.8) is 0 Å². The predicted molar refractivity (Wildman–Crippen MR) is 120 cm³/mol. The number of rotatable bonds is 10. The Kier molecular flexibility index (Phi) is 7.43. The van der Waals surface area contributed by atoms with Gasteiger partial charge in [-0.25, -0.2) is 4.98 Å². The van der Waals surface area contributed by atoms with Crippen LogP contribution in [0.5, 0.6) is 11.5 Å². The fourth-order valence-electron chi connectivity index (χ4n) is 2.81. The first-order valence-corrected chi connectivity index (χ1v) is 10.7. The Labute approximate surface area is 176 Å². The molecule has 154 valence electrons. The van der Waals surface area contributed by atoms with Crippen molar-refractivity contribution in [3.05, 3.63) is 41.9 Å². The Bertz CT molecular complexity index is 927. The molecule has 3 aromatic rings. The molecule has 0 saturated carbocycles. The first kappa shape index (κ1) is 21.1. The molecule has 2 heterocycles. The molecule has 1 N–H and O–H groups in total. The van der Waals surface area contributed by atoms with E-state index in [1.165, 1.54) is 0 Å². The van der Waals surface area contributed by atoms with Crippen LogP contribution in [0.25, 0.3) is 22.0 Å². The number of likely N-dealkylation sites (N-methyl/N-ethyl adjacent to an activating group) is 1. The van der Waals surface area contributed by atoms with Gasteiger partial charge in [-0.2, -0.15) is 0 Å². The minimum absolute atomic E-state index is 0.587. The highest BCUT2D eigenvalue weighted by Gasteiger charge is 2.12. The summed E-state index contributed by atoms with van der Waals surface area (Å²) in [6.07, 6.45) is 1.82. The van der Waals surface area contributed by atoms with Crippen LogP contribution in [0.2, 0.25) is 0 Å². The van der Waals surface area contributed by atoms with Gasteiger partial charge in [-0.1, -0.05) is 0 Å². The summed E-state index contributed by atoms with van der Waals surface area (Å²) in [5, 5.41) is 6.40. The first-order chi connectivity index (χ1) is 14.1. The number of nitrogens with zero attached hydrogens (tertiary/aromatic N) is 3. The third-order valence-corrected chi connectivity index (χ3v) is 5.10. The molecule has 6 nitrogen and oxygen atoms in total. The molecule has 0 amide bonds. The quantitative estimate of drug-likeness (QED) is 0.523. The summed E-state index contributed by atoms with van der Waals surface area (Å²) in [5.74, 6) is 1.50. The Morgan fingerprint density at radius 1 is 1.00 bits per heavy atom. The lowest BCUT2D eigenvalue weighted by Gasteiger charge is -2.11. The summed E-state index contributed by atoms with van der Waals surface area (Å²) in [7, 11) is 4.13. The largest absolute Gasteiger partial charge is 0.490 e. The van der Waals surface area contributed by atoms with Crippen molar-refractivity contribution >= 4 is 17.0 Å². The molecule has 29 heavy (non-hydrogen) atoms. The summed E-state index contributed by atoms with van der Waals surface area (Å²) in [6.45, 7) is 6.97. The second-order valence-corrected chi connectivity index (χ2v) is 7.58. The molecule has 0 unspecified atom stereocenters. The lowest BCUT2D eigenvalue weighted by molar-refractivity contribution is 0.288. The van der Waals surface area contributed by atoms with Crippen LogP contribution >= 0.6 is 11.3 Å². The van der Waals surface area contributed by atoms with Gasteiger partial charge in [-0.3, -0.25) is 4.98 Å². The lowest BCUT2D eigenvalue weighted by Crippen LogP contribution is -2.20. The van der Waals surface area contributed by atoms with Gasteiger partial charge in [0.25, 0.3) is 0 Å². The normalized spacial score (nSPS) is 10.9. The maximum atomic E-state index is 5.74. The standard InChI is InChI=1S/C22H28N4O2S/c1-5-27-20-8-7-16(13-21(20)28-6-2)22-25-19(15-29-22)18-14-17(9-10-24-18)23-11-12-26(3)4/h7-10,13-15H,5-6,11-12H2,1-4H3,(H,23,24). The molecular weight excluding hydrogens is 384 g/mol. The van der Waals surface area contributed by atoms with E-state index in [0.29, 0.717) is 13.2 Å². The zero-order chi connectivity index (χ0) is 20.6. The van der Waals surface area contributed by atoms with E-state index >= 15 is 0 Å². The van der Waals surface area contributed by atoms with E-state index in [1.54, 1.807) is 11.3 Å². The summed E-state index contributed by atoms with van der Waals surface area (Å²) >= 11 is 1.60. The van der Waals surface area contributed by atoms with Crippen LogP contribution < -0.4 is 14.8 Å². The third kappa shape index (κ3) is 5.68. The lowest BCUT2D eigenvalue weighted by atomic mass is 10.2. The Morgan fingerprint density at radius 3 is 2.55 bits per heavy atom. The van der Waals surface area contributed by atoms with Gasteiger partial charge in [0.2, 0.25) is 0 Å². The van der Waals surface area contributed by atoms with Crippen LogP contribution in [0.4, 0.5) is 5.69 Å². The van der Waals surface area contributed by atoms with Crippen LogP contribution in [0.3, 0.4) is 0 Å². The number of thiazole rings is 1. The monoisotopic (exact) mass is 412 g/mol. The van der Waals surface area contributed by atoms with Crippen molar-refractivity contribution in [1.82, 2.24) is 14.9 Å². The Balaban J connectivity index is 1.79. The van der Waals surface area contributed by atoms with E-state index in [-0.39, 0.29) is 0 Å². The smallest absolute Gasteiger partial charge is 0.161 e. The number of aromatic nitrogens is 2. The Hall–Kier alpha value is -2.64. The number of nitrogens with one attached hydrogen (secondary N) is 1. The summed E-state index contributed by atoms with van der Waals surface area (Å²) in [5.41, 5.74) is 3.78. The van der Waals surface area contributed by atoms with Crippen LogP contribution in [0, 0.1) is 0 Å². The van der Waals surface area contributed by atoms with Crippen molar-refractivity contribution in [1.29, 1.82) is 0 Å². The average Bonchev–Trinajstić information content (AvgIpc) is 3.20. The average molecular weight is 413 g/mol. The summed E-state index contributed by atoms with van der Waals surface area (Å²) in [6, 6.07) is 9.97. The van der Waals surface area contributed by atoms with Crippen molar-refractivity contribution in [2.75, 3.05) is 45.7 Å². The minimum Gasteiger partial charge on any atom is -0.490 e. The van der Waals surface area contributed by atoms with Gasteiger partial charge in [0, 0.05) is 35.9 Å². The van der Waals surface area contributed by atoms with Gasteiger partial charge < -0.3 is 19.7 Å². The Morgan fingerprint density at radius 2 is 1.79 bits per heavy atom. The first-order valence-electron chi connectivity index (χ1n) is 9.81. The van der Waals surface area contributed by atoms with E-state index in [1.807, 2.05) is 55.8 Å². The van der Waals surface area contributed by atoms with Gasteiger partial charge in [-0.15, -0.1) is 11.3 Å². The predicted octanol–water partition coefficient (Wildman–Crippen LogP) is 4.64. The SMILES string of the molecule is CCOc1ccc(-c2nc(-c3cc(NCCN(C)C)ccn3)cs2)cc1OCC. The molecule has 0 aliphatic carbocycles. The van der Waals surface area contributed by atoms with Crippen LogP contribution in [-0.2, 0) is 0 Å². The van der Waals surface area contributed by atoms with Gasteiger partial charge in [0.05, 0.1) is 18.9 Å². The molecule has 1 aromatic carbocycles. The zero-order valence-electron chi connectivity index (χ0n) is 17.4. The van der Waals surface area contributed by atoms with Crippen molar-refractivity contribution in [2.24, 2.45) is 0 Å². The third-order valence-electron chi connectivity index (χ3n) is 4.21. The maximum Gasteiger partial charge on any atom is 0.161 e. The number of hydrogen-bond donors (Lipinski definition) is 1. The number of anilines is 1. The minimum atomic E-state index is 0.587. The fraction of sp³-hybridized carbons (Fsp3) is 0.364. The number of benzene rings is 1. The van der Waals surface area contributed by atoms with Gasteiger partial charge in [-0.05, 0) is 58.3 Å². The van der Waals surface area contributed by atoms with Gasteiger partial charge in [0.1, 0.15) is 10.7 Å². The molecular formula is C22H28N4O2S. The molecule has 0 aliphatic rings. The summed E-state index contributed by atoms with van der Waals surface area (Å²) in [4.78, 5) is 11.4. The fourth-order valence-corrected chi connectivity index (χ4v) is 3.62. The zero-order valence-corrected chi connectivity index (χ0v) is 18.3. The van der Waals surface area contributed by atoms with Crippen LogP contribution in [0.15, 0.2) is 41.9 Å². The molecule has 0 atom stereocenters. The molecule has 3 rings (SSSR count). The summed E-state index contributed by atoms with van der Waals surface area (Å²) < 4.78 is 11.4. The molecule has 0 bridgehead atoms. The molecule has 0 radical (unpaired) electrons. The van der Waals surface area contributed by atoms with Crippen molar-refractivity contribution in [2.45, 2.75) is 13.8 Å². The molecule has 7 heteroatoms. The molecule has 0 fully saturated rings. The molecule has 0 spiro atoms. The van der Waals surface area contributed by atoms with E-state index in [0.717, 1.165) is 52.2 Å². The van der Waals surface area contributed by atoms with Gasteiger partial charge >= 0.3 is 0 Å². The van der Waals surface area contributed by atoms with Crippen LogP contribution in [-0.4, -0.2) is 55.3 Å². The highest BCUT2D eigenvalue weighted by atomic mass is 32.1. The highest BCUT2D eigenvalue weighted by Crippen LogP contribution is 2.35. The van der Waals surface area contributed by atoms with E-state index in [4.69, 9.17) is 14.5 Å².